The number of non-ortho nitro benzene ring substituents is 1. The summed E-state index contributed by atoms with van der Waals surface area (Å²) in [6, 6.07) is 9.96. The Morgan fingerprint density at radius 1 is 1.21 bits per heavy atom. The molecule has 94 valence electrons. The molecule has 0 spiro atoms. The van der Waals surface area contributed by atoms with Crippen LogP contribution in [0.15, 0.2) is 42.6 Å². The van der Waals surface area contributed by atoms with Crippen molar-refractivity contribution in [3.05, 3.63) is 52.7 Å². The molecule has 0 saturated carbocycles. The van der Waals surface area contributed by atoms with Crippen LogP contribution >= 0.6 is 0 Å². The quantitative estimate of drug-likeness (QED) is 0.556. The highest BCUT2D eigenvalue weighted by molar-refractivity contribution is 5.86. The van der Waals surface area contributed by atoms with Crippen molar-refractivity contribution in [2.24, 2.45) is 0 Å². The van der Waals surface area contributed by atoms with Gasteiger partial charge in [0.05, 0.1) is 4.92 Å². The second-order valence-electron chi connectivity index (χ2n) is 3.99. The van der Waals surface area contributed by atoms with Crippen LogP contribution in [0.1, 0.15) is 0 Å². The molecule has 7 heteroatoms. The van der Waals surface area contributed by atoms with Crippen LogP contribution in [0.25, 0.3) is 16.6 Å². The number of benzene rings is 1. The lowest BCUT2D eigenvalue weighted by Gasteiger charge is -2.03. The lowest BCUT2D eigenvalue weighted by molar-refractivity contribution is -0.384. The summed E-state index contributed by atoms with van der Waals surface area (Å²) in [6.45, 7) is 0. The summed E-state index contributed by atoms with van der Waals surface area (Å²) in [7, 11) is 0. The van der Waals surface area contributed by atoms with Gasteiger partial charge in [-0.2, -0.15) is 0 Å². The fourth-order valence-corrected chi connectivity index (χ4v) is 1.97. The maximum atomic E-state index is 10.6. The third-order valence-corrected chi connectivity index (χ3v) is 2.85. The van der Waals surface area contributed by atoms with E-state index in [4.69, 9.17) is 5.73 Å². The minimum Gasteiger partial charge on any atom is -0.380 e. The average Bonchev–Trinajstić information content (AvgIpc) is 2.81. The summed E-state index contributed by atoms with van der Waals surface area (Å²) in [5.74, 6) is 0.328. The van der Waals surface area contributed by atoms with E-state index < -0.39 is 4.92 Å². The number of aromatic nitrogens is 3. The second kappa shape index (κ2) is 4.05. The van der Waals surface area contributed by atoms with Gasteiger partial charge >= 0.3 is 0 Å². The van der Waals surface area contributed by atoms with Gasteiger partial charge in [-0.25, -0.2) is 4.52 Å². The van der Waals surface area contributed by atoms with Crippen LogP contribution in [0.4, 0.5) is 11.5 Å². The summed E-state index contributed by atoms with van der Waals surface area (Å²) in [5, 5.41) is 18.3. The lowest BCUT2D eigenvalue weighted by atomic mass is 10.1. The van der Waals surface area contributed by atoms with Gasteiger partial charge < -0.3 is 5.73 Å². The molecule has 0 aliphatic rings. The molecule has 1 aromatic carbocycles. The Bertz CT molecular complexity index is 763. The second-order valence-corrected chi connectivity index (χ2v) is 3.99. The van der Waals surface area contributed by atoms with Crippen LogP contribution in [0.3, 0.4) is 0 Å². The number of fused-ring (bicyclic) bond motifs is 1. The average molecular weight is 255 g/mol. The van der Waals surface area contributed by atoms with E-state index >= 15 is 0 Å². The molecule has 2 aromatic heterocycles. The van der Waals surface area contributed by atoms with E-state index in [-0.39, 0.29) is 5.69 Å². The van der Waals surface area contributed by atoms with Crippen molar-refractivity contribution in [2.45, 2.75) is 0 Å². The number of nitrogen functional groups attached to an aromatic ring is 1. The number of nitro benzene ring substituents is 1. The molecule has 0 saturated heterocycles. The molecule has 2 N–H and O–H groups in total. The number of nitrogens with zero attached hydrogens (tertiary/aromatic N) is 4. The zero-order chi connectivity index (χ0) is 13.4. The zero-order valence-electron chi connectivity index (χ0n) is 9.72. The van der Waals surface area contributed by atoms with Crippen molar-refractivity contribution < 1.29 is 4.92 Å². The Balaban J connectivity index is 2.18. The summed E-state index contributed by atoms with van der Waals surface area (Å²) < 4.78 is 1.58. The highest BCUT2D eigenvalue weighted by Crippen LogP contribution is 2.28. The van der Waals surface area contributed by atoms with Crippen molar-refractivity contribution in [3.63, 3.8) is 0 Å². The molecular formula is C12H9N5O2. The summed E-state index contributed by atoms with van der Waals surface area (Å²) >= 11 is 0. The molecule has 0 unspecified atom stereocenters. The Kier molecular flexibility index (Phi) is 2.38. The minimum absolute atomic E-state index is 0.0512. The van der Waals surface area contributed by atoms with E-state index in [0.717, 1.165) is 11.1 Å². The Hall–Kier alpha value is -2.96. The number of hydrogen-bond acceptors (Lipinski definition) is 5. The number of pyridine rings is 1. The standard InChI is InChI=1S/C12H9N5O2/c13-12-11-10(2-1-7-16(11)15-14-12)8-3-5-9(6-4-8)17(18)19/h1-7H,13H2. The Morgan fingerprint density at radius 2 is 1.95 bits per heavy atom. The van der Waals surface area contributed by atoms with Gasteiger partial charge in [0.2, 0.25) is 0 Å². The first-order chi connectivity index (χ1) is 9.16. The Morgan fingerprint density at radius 3 is 2.63 bits per heavy atom. The normalized spacial score (nSPS) is 10.7. The van der Waals surface area contributed by atoms with E-state index in [1.165, 1.54) is 12.1 Å². The molecular weight excluding hydrogens is 246 g/mol. The fourth-order valence-electron chi connectivity index (χ4n) is 1.97. The molecule has 0 atom stereocenters. The van der Waals surface area contributed by atoms with Gasteiger partial charge in [-0.3, -0.25) is 10.1 Å². The maximum Gasteiger partial charge on any atom is 0.269 e. The first kappa shape index (κ1) is 11.1. The summed E-state index contributed by atoms with van der Waals surface area (Å²) in [4.78, 5) is 10.2. The largest absolute Gasteiger partial charge is 0.380 e. The number of nitrogens with two attached hydrogens (primary N) is 1. The smallest absolute Gasteiger partial charge is 0.269 e. The van der Waals surface area contributed by atoms with E-state index in [1.807, 2.05) is 12.1 Å². The van der Waals surface area contributed by atoms with Crippen LogP contribution in [-0.4, -0.2) is 19.8 Å². The van der Waals surface area contributed by atoms with Crippen molar-refractivity contribution in [1.82, 2.24) is 14.8 Å². The van der Waals surface area contributed by atoms with Gasteiger partial charge in [-0.1, -0.05) is 11.3 Å². The lowest BCUT2D eigenvalue weighted by Crippen LogP contribution is -1.92. The summed E-state index contributed by atoms with van der Waals surface area (Å²) in [5.41, 5.74) is 8.19. The van der Waals surface area contributed by atoms with Gasteiger partial charge in [-0.15, -0.1) is 5.10 Å². The van der Waals surface area contributed by atoms with Crippen molar-refractivity contribution in [2.75, 3.05) is 5.73 Å². The first-order valence-electron chi connectivity index (χ1n) is 5.51. The highest BCUT2D eigenvalue weighted by atomic mass is 16.6. The molecule has 3 aromatic rings. The predicted molar refractivity (Wildman–Crippen MR) is 69.5 cm³/mol. The SMILES string of the molecule is Nc1nnn2cccc(-c3ccc([N+](=O)[O-])cc3)c12. The first-order valence-corrected chi connectivity index (χ1v) is 5.51. The van der Waals surface area contributed by atoms with E-state index in [1.54, 1.807) is 22.8 Å². The monoisotopic (exact) mass is 255 g/mol. The molecule has 0 radical (unpaired) electrons. The van der Waals surface area contributed by atoms with Gasteiger partial charge in [0.15, 0.2) is 5.82 Å². The van der Waals surface area contributed by atoms with Crippen LogP contribution in [0.2, 0.25) is 0 Å². The molecule has 0 aliphatic carbocycles. The maximum absolute atomic E-state index is 10.6. The number of rotatable bonds is 2. The van der Waals surface area contributed by atoms with E-state index in [0.29, 0.717) is 11.3 Å². The Labute approximate surface area is 107 Å². The van der Waals surface area contributed by atoms with Gasteiger partial charge in [-0.05, 0) is 23.8 Å². The fraction of sp³-hybridized carbons (Fsp3) is 0. The molecule has 19 heavy (non-hydrogen) atoms. The molecule has 3 rings (SSSR count). The molecule has 0 amide bonds. The zero-order valence-corrected chi connectivity index (χ0v) is 9.72. The van der Waals surface area contributed by atoms with Gasteiger partial charge in [0.1, 0.15) is 5.52 Å². The number of nitro groups is 1. The third kappa shape index (κ3) is 1.77. The number of hydrogen-bond donors (Lipinski definition) is 1. The van der Waals surface area contributed by atoms with Gasteiger partial charge in [0, 0.05) is 23.9 Å². The van der Waals surface area contributed by atoms with Crippen molar-refractivity contribution in [3.8, 4) is 11.1 Å². The van der Waals surface area contributed by atoms with Crippen LogP contribution in [0.5, 0.6) is 0 Å². The summed E-state index contributed by atoms with van der Waals surface area (Å²) in [6.07, 6.45) is 1.74. The highest BCUT2D eigenvalue weighted by Gasteiger charge is 2.11. The topological polar surface area (TPSA) is 99.3 Å². The molecule has 0 aliphatic heterocycles. The third-order valence-electron chi connectivity index (χ3n) is 2.85. The molecule has 0 fully saturated rings. The molecule has 2 heterocycles. The molecule has 0 bridgehead atoms. The number of anilines is 1. The predicted octanol–water partition coefficient (Wildman–Crippen LogP) is 1.89. The van der Waals surface area contributed by atoms with E-state index in [9.17, 15) is 10.1 Å². The van der Waals surface area contributed by atoms with Gasteiger partial charge in [0.25, 0.3) is 5.69 Å². The van der Waals surface area contributed by atoms with Crippen LogP contribution in [-0.2, 0) is 0 Å². The van der Waals surface area contributed by atoms with Crippen LogP contribution in [0, 0.1) is 10.1 Å². The van der Waals surface area contributed by atoms with Crippen molar-refractivity contribution in [1.29, 1.82) is 0 Å². The minimum atomic E-state index is -0.431. The molecule has 7 nitrogen and oxygen atoms in total. The van der Waals surface area contributed by atoms with Crippen LogP contribution < -0.4 is 5.73 Å². The van der Waals surface area contributed by atoms with E-state index in [2.05, 4.69) is 10.3 Å². The van der Waals surface area contributed by atoms with Crippen molar-refractivity contribution >= 4 is 17.0 Å².